The predicted molar refractivity (Wildman–Crippen MR) is 312 cm³/mol. The maximum Gasteiger partial charge on any atom is 0.306 e. The molecule has 426 valence electrons. The molecule has 0 aliphatic carbocycles. The summed E-state index contributed by atoms with van der Waals surface area (Å²) in [4.78, 5) is 37.9. The smallest absolute Gasteiger partial charge is 0.306 e. The van der Waals surface area contributed by atoms with Gasteiger partial charge < -0.3 is 14.2 Å². The third-order valence-electron chi connectivity index (χ3n) is 15.0. The fourth-order valence-corrected chi connectivity index (χ4v) is 10.1. The van der Waals surface area contributed by atoms with Crippen LogP contribution in [0.1, 0.15) is 374 Å². The third-order valence-corrected chi connectivity index (χ3v) is 15.0. The monoisotopic (exact) mass is 1010 g/mol. The summed E-state index contributed by atoms with van der Waals surface area (Å²) < 4.78 is 16.8. The number of allylic oxidation sites excluding steroid dienone is 2. The topological polar surface area (TPSA) is 78.9 Å². The standard InChI is InChI=1S/C66H126O6/c1-4-7-10-13-16-18-20-22-24-26-27-28-29-30-31-32-33-34-35-36-37-38-39-41-42-44-46-48-50-53-56-59-65(68)71-62-63(61-70-64(67)58-55-52-15-12-9-6-3)72-66(69)60-57-54-51-49-47-45-43-40-25-23-21-19-17-14-11-8-5-2/h23,25,63H,4-22,24,26-62H2,1-3H3/b25-23-. The highest BCUT2D eigenvalue weighted by atomic mass is 16.6. The Labute approximate surface area is 450 Å². The molecule has 72 heavy (non-hydrogen) atoms. The highest BCUT2D eigenvalue weighted by molar-refractivity contribution is 5.71. The molecular weight excluding hydrogens is 889 g/mol. The van der Waals surface area contributed by atoms with Gasteiger partial charge in [0.25, 0.3) is 0 Å². The summed E-state index contributed by atoms with van der Waals surface area (Å²) in [5, 5.41) is 0. The molecule has 0 bridgehead atoms. The minimum atomic E-state index is -0.766. The summed E-state index contributed by atoms with van der Waals surface area (Å²) in [6, 6.07) is 0. The van der Waals surface area contributed by atoms with Crippen LogP contribution in [0, 0.1) is 0 Å². The quantitative estimate of drug-likeness (QED) is 0.0261. The van der Waals surface area contributed by atoms with Gasteiger partial charge in [-0.15, -0.1) is 0 Å². The minimum Gasteiger partial charge on any atom is -0.462 e. The Morgan fingerprint density at radius 3 is 0.694 bits per heavy atom. The molecule has 0 saturated heterocycles. The largest absolute Gasteiger partial charge is 0.462 e. The van der Waals surface area contributed by atoms with E-state index < -0.39 is 6.10 Å². The van der Waals surface area contributed by atoms with E-state index >= 15 is 0 Å². The van der Waals surface area contributed by atoms with Crippen LogP contribution in [-0.2, 0) is 28.6 Å². The molecule has 6 heteroatoms. The summed E-state index contributed by atoms with van der Waals surface area (Å²) >= 11 is 0. The summed E-state index contributed by atoms with van der Waals surface area (Å²) in [5.41, 5.74) is 0. The number of unbranched alkanes of at least 4 members (excludes halogenated alkanes) is 48. The van der Waals surface area contributed by atoms with Crippen LogP contribution in [-0.4, -0.2) is 37.2 Å². The lowest BCUT2D eigenvalue weighted by molar-refractivity contribution is -0.167. The minimum absolute atomic E-state index is 0.0667. The van der Waals surface area contributed by atoms with E-state index in [-0.39, 0.29) is 31.1 Å². The zero-order valence-electron chi connectivity index (χ0n) is 49.0. The molecule has 0 aromatic rings. The summed E-state index contributed by atoms with van der Waals surface area (Å²) in [7, 11) is 0. The first-order chi connectivity index (χ1) is 35.5. The second-order valence-electron chi connectivity index (χ2n) is 22.4. The molecular formula is C66H126O6. The Balaban J connectivity index is 3.93. The lowest BCUT2D eigenvalue weighted by Crippen LogP contribution is -2.30. The van der Waals surface area contributed by atoms with Gasteiger partial charge in [-0.1, -0.05) is 322 Å². The first kappa shape index (κ1) is 70.1. The van der Waals surface area contributed by atoms with Crippen molar-refractivity contribution in [1.82, 2.24) is 0 Å². The molecule has 0 aliphatic rings. The number of carbonyl (C=O) groups is 3. The van der Waals surface area contributed by atoms with Crippen LogP contribution in [0.2, 0.25) is 0 Å². The summed E-state index contributed by atoms with van der Waals surface area (Å²) in [5.74, 6) is -0.857. The molecule has 0 radical (unpaired) electrons. The Hall–Kier alpha value is -1.85. The van der Waals surface area contributed by atoms with E-state index in [1.54, 1.807) is 0 Å². The normalized spacial score (nSPS) is 12.0. The lowest BCUT2D eigenvalue weighted by atomic mass is 10.0. The van der Waals surface area contributed by atoms with Crippen molar-refractivity contribution in [1.29, 1.82) is 0 Å². The molecule has 0 heterocycles. The van der Waals surface area contributed by atoms with Gasteiger partial charge in [-0.2, -0.15) is 0 Å². The van der Waals surface area contributed by atoms with E-state index in [2.05, 4.69) is 32.9 Å². The van der Waals surface area contributed by atoms with E-state index in [0.29, 0.717) is 19.3 Å². The Morgan fingerprint density at radius 1 is 0.264 bits per heavy atom. The van der Waals surface area contributed by atoms with E-state index in [1.807, 2.05) is 0 Å². The van der Waals surface area contributed by atoms with Gasteiger partial charge >= 0.3 is 17.9 Å². The molecule has 0 aromatic heterocycles. The van der Waals surface area contributed by atoms with Gasteiger partial charge in [-0.3, -0.25) is 14.4 Å². The average Bonchev–Trinajstić information content (AvgIpc) is 3.38. The average molecular weight is 1020 g/mol. The van der Waals surface area contributed by atoms with Crippen molar-refractivity contribution in [3.05, 3.63) is 12.2 Å². The van der Waals surface area contributed by atoms with Gasteiger partial charge in [0.15, 0.2) is 6.10 Å². The van der Waals surface area contributed by atoms with Crippen LogP contribution in [0.3, 0.4) is 0 Å². The lowest BCUT2D eigenvalue weighted by Gasteiger charge is -2.18. The Kier molecular flexibility index (Phi) is 60.1. The summed E-state index contributed by atoms with van der Waals surface area (Å²) in [6.45, 7) is 6.64. The molecule has 0 fully saturated rings. The third kappa shape index (κ3) is 59.0. The van der Waals surface area contributed by atoms with Crippen LogP contribution >= 0.6 is 0 Å². The van der Waals surface area contributed by atoms with E-state index in [9.17, 15) is 14.4 Å². The van der Waals surface area contributed by atoms with Gasteiger partial charge in [0.1, 0.15) is 13.2 Å². The molecule has 0 amide bonds. The van der Waals surface area contributed by atoms with Crippen LogP contribution in [0.25, 0.3) is 0 Å². The SMILES string of the molecule is CCCCCCCC/C=C\CCCCCCCCCC(=O)OC(COC(=O)CCCCCCCC)COC(=O)CCCCCCCCCCCCCCCCCCCCCCCCCCCCCCCCC. The molecule has 0 aliphatic heterocycles. The first-order valence-electron chi connectivity index (χ1n) is 32.7. The Morgan fingerprint density at radius 2 is 0.458 bits per heavy atom. The first-order valence-corrected chi connectivity index (χ1v) is 32.7. The second kappa shape index (κ2) is 61.7. The van der Waals surface area contributed by atoms with Crippen molar-refractivity contribution in [3.8, 4) is 0 Å². The molecule has 6 nitrogen and oxygen atoms in total. The zero-order chi connectivity index (χ0) is 52.2. The summed E-state index contributed by atoms with van der Waals surface area (Å²) in [6.07, 6.45) is 72.8. The van der Waals surface area contributed by atoms with Gasteiger partial charge in [-0.05, 0) is 44.9 Å². The second-order valence-corrected chi connectivity index (χ2v) is 22.4. The van der Waals surface area contributed by atoms with E-state index in [0.717, 1.165) is 57.8 Å². The number of esters is 3. The van der Waals surface area contributed by atoms with E-state index in [4.69, 9.17) is 14.2 Å². The van der Waals surface area contributed by atoms with Gasteiger partial charge in [0, 0.05) is 19.3 Å². The molecule has 0 aromatic carbocycles. The molecule has 0 saturated carbocycles. The highest BCUT2D eigenvalue weighted by Crippen LogP contribution is 2.18. The number of ether oxygens (including phenoxy) is 3. The number of hydrogen-bond donors (Lipinski definition) is 0. The molecule has 0 N–H and O–H groups in total. The van der Waals surface area contributed by atoms with Crippen LogP contribution in [0.5, 0.6) is 0 Å². The van der Waals surface area contributed by atoms with Crippen LogP contribution in [0.15, 0.2) is 12.2 Å². The van der Waals surface area contributed by atoms with Crippen molar-refractivity contribution in [3.63, 3.8) is 0 Å². The molecule has 0 rings (SSSR count). The maximum absolute atomic E-state index is 12.8. The van der Waals surface area contributed by atoms with Crippen molar-refractivity contribution in [2.24, 2.45) is 0 Å². The highest BCUT2D eigenvalue weighted by Gasteiger charge is 2.19. The van der Waals surface area contributed by atoms with Crippen molar-refractivity contribution in [2.45, 2.75) is 380 Å². The van der Waals surface area contributed by atoms with Gasteiger partial charge in [-0.25, -0.2) is 0 Å². The predicted octanol–water partition coefficient (Wildman–Crippen LogP) is 22.1. The fraction of sp³-hybridized carbons (Fsp3) is 0.924. The van der Waals surface area contributed by atoms with Crippen molar-refractivity contribution in [2.75, 3.05) is 13.2 Å². The fourth-order valence-electron chi connectivity index (χ4n) is 10.1. The molecule has 1 atom stereocenters. The Bertz CT molecular complexity index is 1120. The van der Waals surface area contributed by atoms with E-state index in [1.165, 1.54) is 276 Å². The number of rotatable bonds is 61. The number of carbonyl (C=O) groups excluding carboxylic acids is 3. The zero-order valence-corrected chi connectivity index (χ0v) is 49.0. The van der Waals surface area contributed by atoms with Gasteiger partial charge in [0.2, 0.25) is 0 Å². The van der Waals surface area contributed by atoms with Crippen LogP contribution < -0.4 is 0 Å². The van der Waals surface area contributed by atoms with Crippen molar-refractivity contribution < 1.29 is 28.6 Å². The van der Waals surface area contributed by atoms with Crippen molar-refractivity contribution >= 4 is 17.9 Å². The molecule has 1 unspecified atom stereocenters. The van der Waals surface area contributed by atoms with Crippen LogP contribution in [0.4, 0.5) is 0 Å². The number of hydrogen-bond acceptors (Lipinski definition) is 6. The maximum atomic E-state index is 12.8. The molecule has 0 spiro atoms. The van der Waals surface area contributed by atoms with Gasteiger partial charge in [0.05, 0.1) is 0 Å².